The summed E-state index contributed by atoms with van der Waals surface area (Å²) in [6, 6.07) is 19.4. The van der Waals surface area contributed by atoms with Crippen molar-refractivity contribution in [3.05, 3.63) is 60.7 Å². The van der Waals surface area contributed by atoms with Crippen molar-refractivity contribution in [3.8, 4) is 11.5 Å². The van der Waals surface area contributed by atoms with Gasteiger partial charge in [-0.1, -0.05) is 30.3 Å². The van der Waals surface area contributed by atoms with Gasteiger partial charge in [-0.15, -0.1) is 0 Å². The third-order valence-electron chi connectivity index (χ3n) is 3.89. The van der Waals surface area contributed by atoms with Crippen molar-refractivity contribution in [3.63, 3.8) is 0 Å². The summed E-state index contributed by atoms with van der Waals surface area (Å²) in [7, 11) is 3.14. The lowest BCUT2D eigenvalue weighted by Gasteiger charge is -2.12. The van der Waals surface area contributed by atoms with Gasteiger partial charge in [0.05, 0.1) is 26.5 Å². The predicted octanol–water partition coefficient (Wildman–Crippen LogP) is 3.91. The van der Waals surface area contributed by atoms with E-state index in [9.17, 15) is 4.79 Å². The van der Waals surface area contributed by atoms with E-state index >= 15 is 0 Å². The van der Waals surface area contributed by atoms with Crippen molar-refractivity contribution in [2.75, 3.05) is 31.4 Å². The van der Waals surface area contributed by atoms with E-state index in [1.165, 1.54) is 5.39 Å². The van der Waals surface area contributed by atoms with Crippen LogP contribution in [0.25, 0.3) is 10.8 Å². The average Bonchev–Trinajstić information content (AvgIpc) is 2.66. The van der Waals surface area contributed by atoms with Gasteiger partial charge in [0.2, 0.25) is 5.91 Å². The summed E-state index contributed by atoms with van der Waals surface area (Å²) in [5.74, 6) is 1.07. The highest BCUT2D eigenvalue weighted by atomic mass is 16.5. The molecule has 0 saturated heterocycles. The van der Waals surface area contributed by atoms with Crippen LogP contribution in [0.3, 0.4) is 0 Å². The maximum absolute atomic E-state index is 12.2. The van der Waals surface area contributed by atoms with Crippen LogP contribution < -0.4 is 20.1 Å². The molecule has 0 aliphatic rings. The number of ether oxygens (including phenoxy) is 2. The molecular weight excluding hydrogens is 316 g/mol. The SMILES string of the molecule is COc1ccc(NC(=O)CNc2ccc3ccccc3c2)c(OC)c1. The Morgan fingerprint density at radius 2 is 1.72 bits per heavy atom. The number of rotatable bonds is 6. The summed E-state index contributed by atoms with van der Waals surface area (Å²) in [6.07, 6.45) is 0. The molecule has 0 radical (unpaired) electrons. The Bertz CT molecular complexity index is 893. The van der Waals surface area contributed by atoms with Gasteiger partial charge in [0.15, 0.2) is 0 Å². The van der Waals surface area contributed by atoms with Crippen LogP contribution in [-0.2, 0) is 4.79 Å². The van der Waals surface area contributed by atoms with Crippen LogP contribution in [0, 0.1) is 0 Å². The van der Waals surface area contributed by atoms with Crippen molar-refractivity contribution < 1.29 is 14.3 Å². The number of hydrogen-bond acceptors (Lipinski definition) is 4. The molecule has 0 bridgehead atoms. The number of anilines is 2. The maximum Gasteiger partial charge on any atom is 0.243 e. The van der Waals surface area contributed by atoms with E-state index in [1.54, 1.807) is 32.4 Å². The van der Waals surface area contributed by atoms with Gasteiger partial charge in [-0.2, -0.15) is 0 Å². The van der Waals surface area contributed by atoms with E-state index in [0.717, 1.165) is 11.1 Å². The van der Waals surface area contributed by atoms with E-state index in [-0.39, 0.29) is 12.5 Å². The van der Waals surface area contributed by atoms with Crippen LogP contribution in [0.4, 0.5) is 11.4 Å². The van der Waals surface area contributed by atoms with E-state index in [2.05, 4.69) is 16.7 Å². The summed E-state index contributed by atoms with van der Waals surface area (Å²) < 4.78 is 10.4. The van der Waals surface area contributed by atoms with Crippen LogP contribution >= 0.6 is 0 Å². The molecule has 0 aromatic heterocycles. The Kier molecular flexibility index (Phi) is 5.04. The number of amides is 1. The van der Waals surface area contributed by atoms with Crippen LogP contribution in [0.2, 0.25) is 0 Å². The minimum absolute atomic E-state index is 0.156. The molecule has 3 aromatic carbocycles. The molecule has 0 aliphatic heterocycles. The Hall–Kier alpha value is -3.21. The summed E-state index contributed by atoms with van der Waals surface area (Å²) in [5, 5.41) is 8.27. The Morgan fingerprint density at radius 3 is 2.48 bits per heavy atom. The number of carbonyl (C=O) groups is 1. The van der Waals surface area contributed by atoms with Gasteiger partial charge in [0.1, 0.15) is 11.5 Å². The highest BCUT2D eigenvalue weighted by Gasteiger charge is 2.09. The standard InChI is InChI=1S/C20H20N2O3/c1-24-17-9-10-18(19(12-17)25-2)22-20(23)13-21-16-8-7-14-5-3-4-6-15(14)11-16/h3-12,21H,13H2,1-2H3,(H,22,23). The average molecular weight is 336 g/mol. The lowest BCUT2D eigenvalue weighted by molar-refractivity contribution is -0.114. The van der Waals surface area contributed by atoms with Crippen LogP contribution in [0.1, 0.15) is 0 Å². The Balaban J connectivity index is 1.64. The van der Waals surface area contributed by atoms with Crippen molar-refractivity contribution in [1.82, 2.24) is 0 Å². The van der Waals surface area contributed by atoms with Crippen LogP contribution in [0.15, 0.2) is 60.7 Å². The zero-order chi connectivity index (χ0) is 17.6. The maximum atomic E-state index is 12.2. The van der Waals surface area contributed by atoms with Gasteiger partial charge < -0.3 is 20.1 Å². The van der Waals surface area contributed by atoms with E-state index < -0.39 is 0 Å². The van der Waals surface area contributed by atoms with E-state index in [1.807, 2.05) is 36.4 Å². The number of nitrogens with one attached hydrogen (secondary N) is 2. The van der Waals surface area contributed by atoms with Crippen molar-refractivity contribution >= 4 is 28.1 Å². The minimum atomic E-state index is -0.156. The molecule has 0 atom stereocenters. The molecule has 128 valence electrons. The Morgan fingerprint density at radius 1 is 0.920 bits per heavy atom. The molecule has 5 heteroatoms. The molecule has 0 spiro atoms. The van der Waals surface area contributed by atoms with Crippen molar-refractivity contribution in [1.29, 1.82) is 0 Å². The summed E-state index contributed by atoms with van der Waals surface area (Å²) in [4.78, 5) is 12.2. The molecule has 1 amide bonds. The van der Waals surface area contributed by atoms with Gasteiger partial charge in [0.25, 0.3) is 0 Å². The fourth-order valence-corrected chi connectivity index (χ4v) is 2.58. The van der Waals surface area contributed by atoms with Crippen molar-refractivity contribution in [2.24, 2.45) is 0 Å². The molecule has 2 N–H and O–H groups in total. The first-order chi connectivity index (χ1) is 12.2. The molecular formula is C20H20N2O3. The number of carbonyl (C=O) groups excluding carboxylic acids is 1. The van der Waals surface area contributed by atoms with E-state index in [0.29, 0.717) is 17.2 Å². The topological polar surface area (TPSA) is 59.6 Å². The molecule has 0 saturated carbocycles. The molecule has 0 heterocycles. The lowest BCUT2D eigenvalue weighted by Crippen LogP contribution is -2.22. The minimum Gasteiger partial charge on any atom is -0.497 e. The van der Waals surface area contributed by atoms with Gasteiger partial charge in [-0.05, 0) is 35.0 Å². The summed E-state index contributed by atoms with van der Waals surface area (Å²) in [6.45, 7) is 0.160. The number of methoxy groups -OCH3 is 2. The molecule has 0 fully saturated rings. The van der Waals surface area contributed by atoms with Gasteiger partial charge in [-0.3, -0.25) is 4.79 Å². The first kappa shape index (κ1) is 16.6. The van der Waals surface area contributed by atoms with Gasteiger partial charge >= 0.3 is 0 Å². The third-order valence-corrected chi connectivity index (χ3v) is 3.89. The highest BCUT2D eigenvalue weighted by Crippen LogP contribution is 2.29. The van der Waals surface area contributed by atoms with Crippen LogP contribution in [0.5, 0.6) is 11.5 Å². The zero-order valence-electron chi connectivity index (χ0n) is 14.2. The molecule has 3 rings (SSSR count). The largest absolute Gasteiger partial charge is 0.497 e. The number of fused-ring (bicyclic) bond motifs is 1. The van der Waals surface area contributed by atoms with Gasteiger partial charge in [0, 0.05) is 11.8 Å². The summed E-state index contributed by atoms with van der Waals surface area (Å²) >= 11 is 0. The number of hydrogen-bond donors (Lipinski definition) is 2. The van der Waals surface area contributed by atoms with Crippen molar-refractivity contribution in [2.45, 2.75) is 0 Å². The molecule has 0 aliphatic carbocycles. The number of benzene rings is 3. The second kappa shape index (κ2) is 7.57. The summed E-state index contributed by atoms with van der Waals surface area (Å²) in [5.41, 5.74) is 1.50. The molecule has 0 unspecified atom stereocenters. The quantitative estimate of drug-likeness (QED) is 0.716. The third kappa shape index (κ3) is 4.01. The first-order valence-electron chi connectivity index (χ1n) is 7.94. The molecule has 3 aromatic rings. The Labute approximate surface area is 146 Å². The normalized spacial score (nSPS) is 10.3. The second-order valence-electron chi connectivity index (χ2n) is 5.53. The smallest absolute Gasteiger partial charge is 0.243 e. The fourth-order valence-electron chi connectivity index (χ4n) is 2.58. The second-order valence-corrected chi connectivity index (χ2v) is 5.53. The molecule has 25 heavy (non-hydrogen) atoms. The first-order valence-corrected chi connectivity index (χ1v) is 7.94. The lowest BCUT2D eigenvalue weighted by atomic mass is 10.1. The predicted molar refractivity (Wildman–Crippen MR) is 101 cm³/mol. The molecule has 5 nitrogen and oxygen atoms in total. The highest BCUT2D eigenvalue weighted by molar-refractivity contribution is 5.95. The van der Waals surface area contributed by atoms with Crippen LogP contribution in [-0.4, -0.2) is 26.7 Å². The zero-order valence-corrected chi connectivity index (χ0v) is 14.2. The monoisotopic (exact) mass is 336 g/mol. The van der Waals surface area contributed by atoms with E-state index in [4.69, 9.17) is 9.47 Å². The fraction of sp³-hybridized carbons (Fsp3) is 0.150. The van der Waals surface area contributed by atoms with Gasteiger partial charge in [-0.25, -0.2) is 0 Å².